The van der Waals surface area contributed by atoms with Crippen LogP contribution in [-0.2, 0) is 0 Å². The summed E-state index contributed by atoms with van der Waals surface area (Å²) in [7, 11) is 0. The number of nitrogens with zero attached hydrogens (tertiary/aromatic N) is 2. The third kappa shape index (κ3) is 3.50. The lowest BCUT2D eigenvalue weighted by atomic mass is 10.2. The summed E-state index contributed by atoms with van der Waals surface area (Å²) in [5, 5.41) is 2.87. The zero-order valence-electron chi connectivity index (χ0n) is 14.1. The molecule has 2 aliphatic rings. The molecule has 2 aromatic rings. The van der Waals surface area contributed by atoms with E-state index in [1.54, 1.807) is 35.2 Å². The number of benzene rings is 1. The number of rotatable bonds is 4. The number of fused-ring (bicyclic) bond motifs is 1. The zero-order valence-corrected chi connectivity index (χ0v) is 14.1. The summed E-state index contributed by atoms with van der Waals surface area (Å²) in [6.45, 7) is 2.89. The molecule has 4 rings (SSSR count). The van der Waals surface area contributed by atoms with Crippen molar-refractivity contribution in [2.75, 3.05) is 44.8 Å². The van der Waals surface area contributed by atoms with E-state index in [-0.39, 0.29) is 18.6 Å². The van der Waals surface area contributed by atoms with E-state index < -0.39 is 0 Å². The number of Topliss-reactive ketones (excluding diaryl/α,β-unsaturated/α-hetero) is 1. The Morgan fingerprint density at radius 1 is 1.04 bits per heavy atom. The fourth-order valence-corrected chi connectivity index (χ4v) is 3.00. The van der Waals surface area contributed by atoms with Gasteiger partial charge < -0.3 is 24.1 Å². The molecule has 26 heavy (non-hydrogen) atoms. The first-order chi connectivity index (χ1) is 12.7. The molecule has 1 fully saturated rings. The van der Waals surface area contributed by atoms with Crippen LogP contribution in [0.2, 0.25) is 0 Å². The Morgan fingerprint density at radius 3 is 2.62 bits per heavy atom. The maximum atomic E-state index is 12.4. The molecule has 0 aliphatic carbocycles. The number of piperazine rings is 1. The van der Waals surface area contributed by atoms with Gasteiger partial charge in [-0.2, -0.15) is 0 Å². The van der Waals surface area contributed by atoms with Gasteiger partial charge in [-0.15, -0.1) is 0 Å². The number of furan rings is 1. The molecule has 2 amide bonds. The third-order valence-corrected chi connectivity index (χ3v) is 4.45. The largest absolute Gasteiger partial charge is 0.461 e. The van der Waals surface area contributed by atoms with Crippen molar-refractivity contribution in [3.05, 3.63) is 42.4 Å². The minimum absolute atomic E-state index is 0.0479. The van der Waals surface area contributed by atoms with Crippen molar-refractivity contribution in [1.82, 2.24) is 9.80 Å². The number of urea groups is 1. The average Bonchev–Trinajstić information content (AvgIpc) is 3.33. The topological polar surface area (TPSA) is 84.3 Å². The predicted octanol–water partition coefficient (Wildman–Crippen LogP) is 2.04. The molecule has 0 unspecified atom stereocenters. The number of carbonyl (C=O) groups excluding carboxylic acids is 2. The molecule has 136 valence electrons. The molecule has 8 nitrogen and oxygen atoms in total. The highest BCUT2D eigenvalue weighted by atomic mass is 16.7. The molecule has 0 saturated carbocycles. The van der Waals surface area contributed by atoms with Gasteiger partial charge in [0.15, 0.2) is 17.3 Å². The van der Waals surface area contributed by atoms with E-state index in [2.05, 4.69) is 5.32 Å². The number of hydrogen-bond acceptors (Lipinski definition) is 6. The SMILES string of the molecule is O=C(CN1CCN(C(=O)Nc2ccc3c(c2)OCO3)CC1)c1ccco1. The average molecular weight is 357 g/mol. The number of nitrogens with one attached hydrogen (secondary N) is 1. The van der Waals surface area contributed by atoms with E-state index >= 15 is 0 Å². The van der Waals surface area contributed by atoms with Crippen LogP contribution in [0.1, 0.15) is 10.6 Å². The summed E-state index contributed by atoms with van der Waals surface area (Å²) in [4.78, 5) is 28.3. The molecule has 0 atom stereocenters. The summed E-state index contributed by atoms with van der Waals surface area (Å²) in [6.07, 6.45) is 1.49. The number of amides is 2. The monoisotopic (exact) mass is 357 g/mol. The molecule has 0 radical (unpaired) electrons. The van der Waals surface area contributed by atoms with Gasteiger partial charge in [-0.25, -0.2) is 4.79 Å². The fraction of sp³-hybridized carbons (Fsp3) is 0.333. The summed E-state index contributed by atoms with van der Waals surface area (Å²) < 4.78 is 15.7. The van der Waals surface area contributed by atoms with Crippen molar-refractivity contribution < 1.29 is 23.5 Å². The van der Waals surface area contributed by atoms with Gasteiger partial charge >= 0.3 is 6.03 Å². The van der Waals surface area contributed by atoms with Crippen LogP contribution < -0.4 is 14.8 Å². The highest BCUT2D eigenvalue weighted by Gasteiger charge is 2.24. The molecular formula is C18H19N3O5. The summed E-state index contributed by atoms with van der Waals surface area (Å²) in [5.41, 5.74) is 0.662. The van der Waals surface area contributed by atoms with Crippen LogP contribution in [0, 0.1) is 0 Å². The van der Waals surface area contributed by atoms with Gasteiger partial charge in [0.25, 0.3) is 0 Å². The van der Waals surface area contributed by atoms with Crippen molar-refractivity contribution in [2.24, 2.45) is 0 Å². The number of ketones is 1. The van der Waals surface area contributed by atoms with Crippen LogP contribution in [0.25, 0.3) is 0 Å². The van der Waals surface area contributed by atoms with Gasteiger partial charge in [0.1, 0.15) is 0 Å². The Morgan fingerprint density at radius 2 is 1.85 bits per heavy atom. The highest BCUT2D eigenvalue weighted by Crippen LogP contribution is 2.34. The third-order valence-electron chi connectivity index (χ3n) is 4.45. The van der Waals surface area contributed by atoms with E-state index in [1.807, 2.05) is 4.90 Å². The summed E-state index contributed by atoms with van der Waals surface area (Å²) >= 11 is 0. The van der Waals surface area contributed by atoms with E-state index in [0.717, 1.165) is 0 Å². The quantitative estimate of drug-likeness (QED) is 0.843. The first-order valence-electron chi connectivity index (χ1n) is 8.44. The Labute approximate surface area is 150 Å². The van der Waals surface area contributed by atoms with Crippen molar-refractivity contribution in [2.45, 2.75) is 0 Å². The zero-order chi connectivity index (χ0) is 17.9. The van der Waals surface area contributed by atoms with Gasteiger partial charge in [0.05, 0.1) is 12.8 Å². The Hall–Kier alpha value is -3.00. The Bertz CT molecular complexity index is 797. The fourth-order valence-electron chi connectivity index (χ4n) is 3.00. The molecule has 8 heteroatoms. The summed E-state index contributed by atoms with van der Waals surface area (Å²) in [5.74, 6) is 1.63. The number of ether oxygens (including phenoxy) is 2. The van der Waals surface area contributed by atoms with Crippen molar-refractivity contribution >= 4 is 17.5 Å². The van der Waals surface area contributed by atoms with Crippen molar-refractivity contribution in [1.29, 1.82) is 0 Å². The van der Waals surface area contributed by atoms with Crippen LogP contribution in [0.3, 0.4) is 0 Å². The lowest BCUT2D eigenvalue weighted by Crippen LogP contribution is -2.51. The first-order valence-corrected chi connectivity index (χ1v) is 8.44. The molecule has 3 heterocycles. The second-order valence-electron chi connectivity index (χ2n) is 6.16. The van der Waals surface area contributed by atoms with E-state index in [0.29, 0.717) is 55.7 Å². The number of anilines is 1. The lowest BCUT2D eigenvalue weighted by molar-refractivity contribution is 0.0857. The Balaban J connectivity index is 1.27. The van der Waals surface area contributed by atoms with E-state index in [9.17, 15) is 9.59 Å². The van der Waals surface area contributed by atoms with Crippen molar-refractivity contribution in [3.63, 3.8) is 0 Å². The van der Waals surface area contributed by atoms with Crippen LogP contribution >= 0.6 is 0 Å². The molecule has 1 aromatic heterocycles. The highest BCUT2D eigenvalue weighted by molar-refractivity contribution is 5.95. The van der Waals surface area contributed by atoms with Gasteiger partial charge in [-0.1, -0.05) is 0 Å². The lowest BCUT2D eigenvalue weighted by Gasteiger charge is -2.34. The molecular weight excluding hydrogens is 338 g/mol. The van der Waals surface area contributed by atoms with Crippen LogP contribution in [0.5, 0.6) is 11.5 Å². The van der Waals surface area contributed by atoms with Crippen LogP contribution in [-0.4, -0.2) is 61.1 Å². The van der Waals surface area contributed by atoms with Crippen molar-refractivity contribution in [3.8, 4) is 11.5 Å². The standard InChI is InChI=1S/C18H19N3O5/c22-14(15-2-1-9-24-15)11-20-5-7-21(8-6-20)18(23)19-13-3-4-16-17(10-13)26-12-25-16/h1-4,9-10H,5-8,11-12H2,(H,19,23). The minimum atomic E-state index is -0.166. The number of hydrogen-bond donors (Lipinski definition) is 1. The molecule has 2 aliphatic heterocycles. The van der Waals surface area contributed by atoms with Gasteiger partial charge in [0, 0.05) is 37.9 Å². The smallest absolute Gasteiger partial charge is 0.321 e. The second-order valence-corrected chi connectivity index (χ2v) is 6.16. The minimum Gasteiger partial charge on any atom is -0.461 e. The molecule has 1 aromatic carbocycles. The predicted molar refractivity (Wildman–Crippen MR) is 92.6 cm³/mol. The Kier molecular flexibility index (Phi) is 4.49. The summed E-state index contributed by atoms with van der Waals surface area (Å²) in [6, 6.07) is 8.50. The maximum absolute atomic E-state index is 12.4. The first kappa shape index (κ1) is 16.5. The molecule has 1 N–H and O–H groups in total. The molecule has 0 spiro atoms. The van der Waals surface area contributed by atoms with Gasteiger partial charge in [-0.05, 0) is 24.3 Å². The number of carbonyl (C=O) groups is 2. The van der Waals surface area contributed by atoms with E-state index in [4.69, 9.17) is 13.9 Å². The second kappa shape index (κ2) is 7.09. The molecule has 1 saturated heterocycles. The normalized spacial score (nSPS) is 16.5. The van der Waals surface area contributed by atoms with Crippen LogP contribution in [0.15, 0.2) is 41.0 Å². The van der Waals surface area contributed by atoms with E-state index in [1.165, 1.54) is 6.26 Å². The van der Waals surface area contributed by atoms with Gasteiger partial charge in [0.2, 0.25) is 12.6 Å². The van der Waals surface area contributed by atoms with Gasteiger partial charge in [-0.3, -0.25) is 9.69 Å². The maximum Gasteiger partial charge on any atom is 0.321 e. The molecule has 0 bridgehead atoms. The van der Waals surface area contributed by atoms with Crippen LogP contribution in [0.4, 0.5) is 10.5 Å².